The number of rotatable bonds is 4. The summed E-state index contributed by atoms with van der Waals surface area (Å²) in [6.45, 7) is 7.10. The van der Waals surface area contributed by atoms with E-state index in [-0.39, 0.29) is 0 Å². The van der Waals surface area contributed by atoms with Gasteiger partial charge >= 0.3 is 0 Å². The summed E-state index contributed by atoms with van der Waals surface area (Å²) in [6, 6.07) is 0. The summed E-state index contributed by atoms with van der Waals surface area (Å²) < 4.78 is 0. The van der Waals surface area contributed by atoms with Gasteiger partial charge in [-0.2, -0.15) is 0 Å². The molecule has 0 aromatic heterocycles. The van der Waals surface area contributed by atoms with Crippen LogP contribution in [0.25, 0.3) is 0 Å². The first kappa shape index (κ1) is 11.1. The normalized spacial score (nSPS) is 34.8. The maximum absolute atomic E-state index is 2.40. The van der Waals surface area contributed by atoms with E-state index < -0.39 is 0 Å². The van der Waals surface area contributed by atoms with Crippen LogP contribution in [0, 0.1) is 11.3 Å². The van der Waals surface area contributed by atoms with Gasteiger partial charge in [0.25, 0.3) is 0 Å². The van der Waals surface area contributed by atoms with Crippen molar-refractivity contribution in [1.82, 2.24) is 0 Å². The molecule has 0 nitrogen and oxygen atoms in total. The van der Waals surface area contributed by atoms with Gasteiger partial charge in [-0.05, 0) is 30.6 Å². The fraction of sp³-hybridized carbons (Fsp3) is 1.00. The first-order valence-corrected chi connectivity index (χ1v) is 6.26. The summed E-state index contributed by atoms with van der Waals surface area (Å²) in [6.07, 6.45) is 11.7. The molecule has 0 aromatic carbocycles. The van der Waals surface area contributed by atoms with Gasteiger partial charge in [-0.1, -0.05) is 52.9 Å². The van der Waals surface area contributed by atoms with E-state index in [0.29, 0.717) is 0 Å². The van der Waals surface area contributed by atoms with E-state index >= 15 is 0 Å². The van der Waals surface area contributed by atoms with Crippen molar-refractivity contribution >= 4 is 0 Å². The molecular formula is C13H26. The summed E-state index contributed by atoms with van der Waals surface area (Å²) in [5, 5.41) is 0. The Kier molecular flexibility index (Phi) is 4.28. The van der Waals surface area contributed by atoms with Gasteiger partial charge in [0.1, 0.15) is 0 Å². The van der Waals surface area contributed by atoms with Crippen LogP contribution in [-0.2, 0) is 0 Å². The molecule has 2 atom stereocenters. The van der Waals surface area contributed by atoms with E-state index in [0.717, 1.165) is 11.3 Å². The van der Waals surface area contributed by atoms with Gasteiger partial charge in [0.2, 0.25) is 0 Å². The van der Waals surface area contributed by atoms with E-state index in [1.54, 1.807) is 0 Å². The molecule has 0 aromatic rings. The zero-order chi connectivity index (χ0) is 9.73. The van der Waals surface area contributed by atoms with Crippen molar-refractivity contribution in [2.75, 3.05) is 0 Å². The summed E-state index contributed by atoms with van der Waals surface area (Å²) in [5.41, 5.74) is 0.744. The highest BCUT2D eigenvalue weighted by Crippen LogP contribution is 2.46. The summed E-state index contributed by atoms with van der Waals surface area (Å²) in [7, 11) is 0. The lowest BCUT2D eigenvalue weighted by Gasteiger charge is -2.40. The van der Waals surface area contributed by atoms with Crippen LogP contribution in [0.4, 0.5) is 0 Å². The van der Waals surface area contributed by atoms with Crippen molar-refractivity contribution in [3.8, 4) is 0 Å². The van der Waals surface area contributed by atoms with Gasteiger partial charge in [-0.25, -0.2) is 0 Å². The molecule has 0 heterocycles. The second kappa shape index (κ2) is 5.02. The number of hydrogen-bond acceptors (Lipinski definition) is 0. The highest BCUT2D eigenvalue weighted by molar-refractivity contribution is 4.84. The highest BCUT2D eigenvalue weighted by atomic mass is 14.4. The molecule has 1 fully saturated rings. The molecule has 0 aliphatic heterocycles. The Hall–Kier alpha value is 0. The maximum atomic E-state index is 2.40. The van der Waals surface area contributed by atoms with Crippen molar-refractivity contribution in [3.63, 3.8) is 0 Å². The molecular weight excluding hydrogens is 156 g/mol. The monoisotopic (exact) mass is 182 g/mol. The van der Waals surface area contributed by atoms with Gasteiger partial charge in [-0.15, -0.1) is 0 Å². The lowest BCUT2D eigenvalue weighted by molar-refractivity contribution is 0.116. The molecule has 13 heavy (non-hydrogen) atoms. The quantitative estimate of drug-likeness (QED) is 0.587. The van der Waals surface area contributed by atoms with Crippen LogP contribution < -0.4 is 0 Å². The molecule has 0 bridgehead atoms. The molecule has 1 rings (SSSR count). The van der Waals surface area contributed by atoms with Crippen LogP contribution in [0.2, 0.25) is 0 Å². The Morgan fingerprint density at radius 2 is 2.00 bits per heavy atom. The van der Waals surface area contributed by atoms with Gasteiger partial charge in [-0.3, -0.25) is 0 Å². The molecule has 0 radical (unpaired) electrons. The topological polar surface area (TPSA) is 0 Å². The van der Waals surface area contributed by atoms with Crippen molar-refractivity contribution in [2.24, 2.45) is 11.3 Å². The van der Waals surface area contributed by atoms with Crippen molar-refractivity contribution < 1.29 is 0 Å². The predicted octanol–water partition coefficient (Wildman–Crippen LogP) is 4.78. The van der Waals surface area contributed by atoms with E-state index in [9.17, 15) is 0 Å². The third-order valence-corrected chi connectivity index (χ3v) is 4.15. The SMILES string of the molecule is CCCC1(CC)CCCC(CC)C1. The predicted molar refractivity (Wildman–Crippen MR) is 59.9 cm³/mol. The molecule has 1 saturated carbocycles. The van der Waals surface area contributed by atoms with E-state index in [2.05, 4.69) is 20.8 Å². The Bertz CT molecular complexity index is 135. The minimum absolute atomic E-state index is 0.744. The minimum atomic E-state index is 0.744. The third kappa shape index (κ3) is 2.72. The first-order chi connectivity index (χ1) is 6.26. The van der Waals surface area contributed by atoms with E-state index in [1.165, 1.54) is 51.4 Å². The van der Waals surface area contributed by atoms with Crippen LogP contribution >= 0.6 is 0 Å². The molecule has 1 aliphatic rings. The van der Waals surface area contributed by atoms with Gasteiger partial charge < -0.3 is 0 Å². The second-order valence-corrected chi connectivity index (χ2v) is 4.97. The van der Waals surface area contributed by atoms with Crippen molar-refractivity contribution in [1.29, 1.82) is 0 Å². The van der Waals surface area contributed by atoms with E-state index in [4.69, 9.17) is 0 Å². The Labute approximate surface area is 84.1 Å². The summed E-state index contributed by atoms with van der Waals surface area (Å²) in [5.74, 6) is 1.04. The van der Waals surface area contributed by atoms with Gasteiger partial charge in [0.05, 0.1) is 0 Å². The minimum Gasteiger partial charge on any atom is -0.0654 e. The molecule has 0 saturated heterocycles. The Morgan fingerprint density at radius 1 is 1.23 bits per heavy atom. The molecule has 1 aliphatic carbocycles. The van der Waals surface area contributed by atoms with Crippen molar-refractivity contribution in [3.05, 3.63) is 0 Å². The van der Waals surface area contributed by atoms with Crippen LogP contribution in [0.1, 0.15) is 72.1 Å². The lowest BCUT2D eigenvalue weighted by Crippen LogP contribution is -2.27. The molecule has 0 N–H and O–H groups in total. The van der Waals surface area contributed by atoms with Gasteiger partial charge in [0.15, 0.2) is 0 Å². The van der Waals surface area contributed by atoms with Crippen LogP contribution in [-0.4, -0.2) is 0 Å². The Morgan fingerprint density at radius 3 is 2.54 bits per heavy atom. The molecule has 2 unspecified atom stereocenters. The standard InChI is InChI=1S/C13H26/c1-4-9-13(6-3)10-7-8-12(5-2)11-13/h12H,4-11H2,1-3H3. The van der Waals surface area contributed by atoms with Crippen LogP contribution in [0.5, 0.6) is 0 Å². The fourth-order valence-corrected chi connectivity index (χ4v) is 3.19. The third-order valence-electron chi connectivity index (χ3n) is 4.15. The van der Waals surface area contributed by atoms with Crippen LogP contribution in [0.3, 0.4) is 0 Å². The fourth-order valence-electron chi connectivity index (χ4n) is 3.19. The maximum Gasteiger partial charge on any atom is -0.0298 e. The second-order valence-electron chi connectivity index (χ2n) is 4.97. The Balaban J connectivity index is 2.53. The van der Waals surface area contributed by atoms with Crippen molar-refractivity contribution in [2.45, 2.75) is 72.1 Å². The zero-order valence-electron chi connectivity index (χ0n) is 9.73. The largest absolute Gasteiger partial charge is 0.0654 e. The zero-order valence-corrected chi connectivity index (χ0v) is 9.73. The molecule has 0 heteroatoms. The van der Waals surface area contributed by atoms with Gasteiger partial charge in [0, 0.05) is 0 Å². The number of hydrogen-bond donors (Lipinski definition) is 0. The summed E-state index contributed by atoms with van der Waals surface area (Å²) in [4.78, 5) is 0. The molecule has 0 spiro atoms. The molecule has 0 amide bonds. The van der Waals surface area contributed by atoms with E-state index in [1.807, 2.05) is 0 Å². The summed E-state index contributed by atoms with van der Waals surface area (Å²) >= 11 is 0. The average molecular weight is 182 g/mol. The first-order valence-electron chi connectivity index (χ1n) is 6.26. The highest BCUT2D eigenvalue weighted by Gasteiger charge is 2.32. The molecule has 78 valence electrons. The van der Waals surface area contributed by atoms with Crippen LogP contribution in [0.15, 0.2) is 0 Å². The average Bonchev–Trinajstić information content (AvgIpc) is 2.19. The smallest absolute Gasteiger partial charge is 0.0298 e. The lowest BCUT2D eigenvalue weighted by atomic mass is 9.65.